The van der Waals surface area contributed by atoms with E-state index in [1.807, 2.05) is 12.1 Å². The number of amides is 2. The van der Waals surface area contributed by atoms with Crippen LogP contribution in [0.25, 0.3) is 0 Å². The zero-order valence-electron chi connectivity index (χ0n) is 12.7. The number of hydrogen-bond acceptors (Lipinski definition) is 4. The van der Waals surface area contributed by atoms with Gasteiger partial charge in [0.15, 0.2) is 0 Å². The van der Waals surface area contributed by atoms with Crippen LogP contribution in [-0.2, 0) is 13.6 Å². The summed E-state index contributed by atoms with van der Waals surface area (Å²) < 4.78 is 1.64. The molecule has 22 heavy (non-hydrogen) atoms. The van der Waals surface area contributed by atoms with Gasteiger partial charge in [0.2, 0.25) is 0 Å². The third kappa shape index (κ3) is 4.14. The first-order chi connectivity index (χ1) is 10.5. The van der Waals surface area contributed by atoms with Gasteiger partial charge in [-0.25, -0.2) is 9.78 Å². The maximum atomic E-state index is 12.3. The predicted molar refractivity (Wildman–Crippen MR) is 89.3 cm³/mol. The lowest BCUT2D eigenvalue weighted by atomic mass is 10.3. The van der Waals surface area contributed by atoms with Crippen LogP contribution in [-0.4, -0.2) is 38.5 Å². The number of aromatic nitrogens is 3. The summed E-state index contributed by atoms with van der Waals surface area (Å²) in [6.45, 7) is 2.43. The Balaban J connectivity index is 2.08. The fourth-order valence-corrected chi connectivity index (χ4v) is 2.75. The van der Waals surface area contributed by atoms with Gasteiger partial charge in [0.25, 0.3) is 0 Å². The third-order valence-corrected chi connectivity index (χ3v) is 4.20. The summed E-state index contributed by atoms with van der Waals surface area (Å²) in [6.07, 6.45) is 1.47. The second-order valence-corrected chi connectivity index (χ2v) is 6.40. The summed E-state index contributed by atoms with van der Waals surface area (Å²) in [7, 11) is 3.50. The minimum Gasteiger partial charge on any atom is -0.320 e. The Morgan fingerprint density at radius 2 is 2.27 bits per heavy atom. The Morgan fingerprint density at radius 1 is 1.50 bits per heavy atom. The quantitative estimate of drug-likeness (QED) is 0.849. The fraction of sp³-hybridized carbons (Fsp3) is 0.357. The molecule has 0 radical (unpaired) electrons. The van der Waals surface area contributed by atoms with Gasteiger partial charge < -0.3 is 10.2 Å². The van der Waals surface area contributed by atoms with Gasteiger partial charge in [-0.15, -0.1) is 11.8 Å². The number of hydrogen-bond donors (Lipinski definition) is 1. The molecule has 1 aromatic carbocycles. The fourth-order valence-electron chi connectivity index (χ4n) is 1.84. The van der Waals surface area contributed by atoms with Crippen molar-refractivity contribution in [3.8, 4) is 0 Å². The minimum absolute atomic E-state index is 0.219. The van der Waals surface area contributed by atoms with Gasteiger partial charge in [-0.05, 0) is 24.0 Å². The SMILES string of the molecule is CCSc1ccc(Cl)cc1NC(=O)N(C)Cc1ncnn1C. The van der Waals surface area contributed by atoms with E-state index in [1.165, 1.54) is 6.33 Å². The first-order valence-corrected chi connectivity index (χ1v) is 8.15. The van der Waals surface area contributed by atoms with Gasteiger partial charge in [-0.3, -0.25) is 4.68 Å². The molecule has 2 rings (SSSR count). The van der Waals surface area contributed by atoms with Crippen molar-refractivity contribution in [1.82, 2.24) is 19.7 Å². The second-order valence-electron chi connectivity index (χ2n) is 4.66. The summed E-state index contributed by atoms with van der Waals surface area (Å²) >= 11 is 7.67. The van der Waals surface area contributed by atoms with Crippen molar-refractivity contribution in [2.45, 2.75) is 18.4 Å². The van der Waals surface area contributed by atoms with Gasteiger partial charge in [0, 0.05) is 24.0 Å². The maximum Gasteiger partial charge on any atom is 0.322 e. The molecule has 0 spiro atoms. The van der Waals surface area contributed by atoms with Gasteiger partial charge in [-0.2, -0.15) is 5.10 Å². The molecule has 0 bridgehead atoms. The Morgan fingerprint density at radius 3 is 2.91 bits per heavy atom. The summed E-state index contributed by atoms with van der Waals surface area (Å²) in [5, 5.41) is 7.47. The molecule has 1 heterocycles. The molecule has 8 heteroatoms. The molecule has 1 aromatic heterocycles. The van der Waals surface area contributed by atoms with E-state index in [4.69, 9.17) is 11.6 Å². The van der Waals surface area contributed by atoms with Crippen LogP contribution in [0, 0.1) is 0 Å². The van der Waals surface area contributed by atoms with Crippen LogP contribution in [0.15, 0.2) is 29.4 Å². The molecule has 0 saturated heterocycles. The zero-order chi connectivity index (χ0) is 16.1. The van der Waals surface area contributed by atoms with Crippen LogP contribution in [0.5, 0.6) is 0 Å². The molecule has 2 amide bonds. The van der Waals surface area contributed by atoms with Crippen LogP contribution in [0.4, 0.5) is 10.5 Å². The molecule has 2 aromatic rings. The largest absolute Gasteiger partial charge is 0.322 e. The molecular formula is C14H18ClN5OS. The van der Waals surface area contributed by atoms with Crippen LogP contribution >= 0.6 is 23.4 Å². The molecule has 0 aliphatic carbocycles. The number of halogens is 1. The maximum absolute atomic E-state index is 12.3. The molecule has 1 N–H and O–H groups in total. The van der Waals surface area contributed by atoms with Crippen molar-refractivity contribution >= 4 is 35.1 Å². The molecule has 0 saturated carbocycles. The summed E-state index contributed by atoms with van der Waals surface area (Å²) in [6, 6.07) is 5.27. The number of thioether (sulfide) groups is 1. The number of urea groups is 1. The van der Waals surface area contributed by atoms with E-state index in [1.54, 1.807) is 41.5 Å². The van der Waals surface area contributed by atoms with E-state index in [0.29, 0.717) is 23.1 Å². The number of anilines is 1. The number of benzene rings is 1. The molecule has 0 aliphatic rings. The molecular weight excluding hydrogens is 322 g/mol. The smallest absolute Gasteiger partial charge is 0.320 e. The number of aryl methyl sites for hydroxylation is 1. The highest BCUT2D eigenvalue weighted by Crippen LogP contribution is 2.30. The lowest BCUT2D eigenvalue weighted by molar-refractivity contribution is 0.219. The monoisotopic (exact) mass is 339 g/mol. The lowest BCUT2D eigenvalue weighted by Gasteiger charge is -2.18. The van der Waals surface area contributed by atoms with Crippen molar-refractivity contribution in [2.75, 3.05) is 18.1 Å². The molecule has 0 unspecified atom stereocenters. The lowest BCUT2D eigenvalue weighted by Crippen LogP contribution is -2.32. The Bertz CT molecular complexity index is 660. The first kappa shape index (κ1) is 16.6. The number of rotatable bonds is 5. The van der Waals surface area contributed by atoms with E-state index in [9.17, 15) is 4.79 Å². The topological polar surface area (TPSA) is 63.1 Å². The third-order valence-electron chi connectivity index (χ3n) is 3.01. The number of carbonyl (C=O) groups excluding carboxylic acids is 1. The van der Waals surface area contributed by atoms with Crippen LogP contribution in [0.2, 0.25) is 5.02 Å². The van der Waals surface area contributed by atoms with Crippen molar-refractivity contribution in [3.63, 3.8) is 0 Å². The summed E-state index contributed by atoms with van der Waals surface area (Å²) in [5.74, 6) is 1.63. The van der Waals surface area contributed by atoms with Crippen molar-refractivity contribution < 1.29 is 4.79 Å². The van der Waals surface area contributed by atoms with Crippen LogP contribution < -0.4 is 5.32 Å². The molecule has 118 valence electrons. The van der Waals surface area contributed by atoms with Gasteiger partial charge in [0.05, 0.1) is 12.2 Å². The summed E-state index contributed by atoms with van der Waals surface area (Å²) in [5.41, 5.74) is 0.717. The second kappa shape index (κ2) is 7.51. The molecule has 6 nitrogen and oxygen atoms in total. The summed E-state index contributed by atoms with van der Waals surface area (Å²) in [4.78, 5) is 19.0. The Labute approximate surface area is 138 Å². The van der Waals surface area contributed by atoms with Gasteiger partial charge in [-0.1, -0.05) is 18.5 Å². The van der Waals surface area contributed by atoms with E-state index < -0.39 is 0 Å². The number of nitrogens with zero attached hydrogens (tertiary/aromatic N) is 4. The van der Waals surface area contributed by atoms with Gasteiger partial charge in [0.1, 0.15) is 12.2 Å². The van der Waals surface area contributed by atoms with Crippen molar-refractivity contribution in [2.24, 2.45) is 7.05 Å². The van der Waals surface area contributed by atoms with E-state index in [-0.39, 0.29) is 6.03 Å². The highest BCUT2D eigenvalue weighted by Gasteiger charge is 2.14. The highest BCUT2D eigenvalue weighted by molar-refractivity contribution is 7.99. The highest BCUT2D eigenvalue weighted by atomic mass is 35.5. The first-order valence-electron chi connectivity index (χ1n) is 6.78. The predicted octanol–water partition coefficient (Wildman–Crippen LogP) is 3.24. The molecule has 0 aliphatic heterocycles. The zero-order valence-corrected chi connectivity index (χ0v) is 14.3. The minimum atomic E-state index is -0.219. The van der Waals surface area contributed by atoms with Crippen LogP contribution in [0.3, 0.4) is 0 Å². The standard InChI is InChI=1S/C14H18ClN5OS/c1-4-22-12-6-5-10(15)7-11(12)18-14(21)19(2)8-13-16-9-17-20(13)3/h5-7,9H,4,8H2,1-3H3,(H,18,21). The average molecular weight is 340 g/mol. The Kier molecular flexibility index (Phi) is 5.68. The van der Waals surface area contributed by atoms with Gasteiger partial charge >= 0.3 is 6.03 Å². The molecule has 0 atom stereocenters. The molecule has 0 fully saturated rings. The van der Waals surface area contributed by atoms with Crippen molar-refractivity contribution in [1.29, 1.82) is 0 Å². The van der Waals surface area contributed by atoms with E-state index in [0.717, 1.165) is 10.6 Å². The van der Waals surface area contributed by atoms with Crippen molar-refractivity contribution in [3.05, 3.63) is 35.4 Å². The average Bonchev–Trinajstić information content (AvgIpc) is 2.87. The number of carbonyl (C=O) groups is 1. The Hall–Kier alpha value is -1.73. The normalized spacial score (nSPS) is 10.5. The van der Waals surface area contributed by atoms with E-state index >= 15 is 0 Å². The number of nitrogens with one attached hydrogen (secondary N) is 1. The van der Waals surface area contributed by atoms with Crippen LogP contribution in [0.1, 0.15) is 12.7 Å². The van der Waals surface area contributed by atoms with E-state index in [2.05, 4.69) is 22.3 Å².